The molecule has 2 heterocycles. The van der Waals surface area contributed by atoms with Crippen molar-refractivity contribution in [1.82, 2.24) is 9.88 Å². The van der Waals surface area contributed by atoms with Crippen molar-refractivity contribution in [1.29, 1.82) is 0 Å². The molecule has 1 aliphatic heterocycles. The van der Waals surface area contributed by atoms with Crippen LogP contribution in [0.5, 0.6) is 5.75 Å². The van der Waals surface area contributed by atoms with Gasteiger partial charge in [0.2, 0.25) is 0 Å². The average molecular weight is 326 g/mol. The molecule has 0 bridgehead atoms. The highest BCUT2D eigenvalue weighted by Gasteiger charge is 2.13. The molecule has 2 aromatic rings. The van der Waals surface area contributed by atoms with Gasteiger partial charge in [0.05, 0.1) is 0 Å². The summed E-state index contributed by atoms with van der Waals surface area (Å²) in [5, 5.41) is 3.53. The second-order valence-electron chi connectivity index (χ2n) is 6.52. The number of aryl methyl sites for hydroxylation is 2. The smallest absolute Gasteiger partial charge is 0.292 e. The Bertz CT molecular complexity index is 718. The third kappa shape index (κ3) is 4.26. The molecule has 0 saturated carbocycles. The number of hydrogen-bond donors (Lipinski definition) is 1. The van der Waals surface area contributed by atoms with E-state index in [1.165, 1.54) is 24.8 Å². The molecule has 1 aliphatic rings. The highest BCUT2D eigenvalue weighted by molar-refractivity contribution is 5.26. The molecule has 1 fully saturated rings. The Morgan fingerprint density at radius 2 is 2.08 bits per heavy atom. The monoisotopic (exact) mass is 326 g/mol. The van der Waals surface area contributed by atoms with Crippen LogP contribution in [0.15, 0.2) is 47.4 Å². The first-order valence-corrected chi connectivity index (χ1v) is 8.84. The fourth-order valence-corrected chi connectivity index (χ4v) is 3.19. The molecule has 0 radical (unpaired) electrons. The van der Waals surface area contributed by atoms with Crippen LogP contribution < -0.4 is 15.6 Å². The maximum Gasteiger partial charge on any atom is 0.292 e. The van der Waals surface area contributed by atoms with Crippen molar-refractivity contribution >= 4 is 0 Å². The molecule has 1 unspecified atom stereocenters. The van der Waals surface area contributed by atoms with E-state index in [4.69, 9.17) is 4.74 Å². The average Bonchev–Trinajstić information content (AvgIpc) is 2.62. The van der Waals surface area contributed by atoms with Gasteiger partial charge in [0.1, 0.15) is 6.61 Å². The number of hydrogen-bond acceptors (Lipinski definition) is 3. The van der Waals surface area contributed by atoms with Crippen molar-refractivity contribution < 1.29 is 4.74 Å². The van der Waals surface area contributed by atoms with Gasteiger partial charge >= 0.3 is 0 Å². The number of pyridine rings is 1. The Morgan fingerprint density at radius 1 is 1.21 bits per heavy atom. The summed E-state index contributed by atoms with van der Waals surface area (Å²) in [5.41, 5.74) is 2.25. The van der Waals surface area contributed by atoms with Crippen molar-refractivity contribution in [2.24, 2.45) is 0 Å². The van der Waals surface area contributed by atoms with Crippen LogP contribution in [0.1, 0.15) is 36.8 Å². The summed E-state index contributed by atoms with van der Waals surface area (Å²) in [6, 6.07) is 12.3. The van der Waals surface area contributed by atoms with Gasteiger partial charge in [-0.15, -0.1) is 0 Å². The first kappa shape index (κ1) is 16.8. The summed E-state index contributed by atoms with van der Waals surface area (Å²) in [7, 11) is 0. The summed E-state index contributed by atoms with van der Waals surface area (Å²) < 4.78 is 7.55. The summed E-state index contributed by atoms with van der Waals surface area (Å²) in [5.74, 6) is 0.428. The van der Waals surface area contributed by atoms with Crippen molar-refractivity contribution in [3.8, 4) is 5.75 Å². The zero-order valence-electron chi connectivity index (χ0n) is 14.3. The first-order valence-electron chi connectivity index (χ1n) is 8.84. The van der Waals surface area contributed by atoms with E-state index in [0.717, 1.165) is 25.1 Å². The van der Waals surface area contributed by atoms with E-state index in [1.54, 1.807) is 10.6 Å². The van der Waals surface area contributed by atoms with Crippen LogP contribution >= 0.6 is 0 Å². The summed E-state index contributed by atoms with van der Waals surface area (Å²) >= 11 is 0. The van der Waals surface area contributed by atoms with E-state index in [0.29, 0.717) is 18.4 Å². The molecule has 1 atom stereocenters. The van der Waals surface area contributed by atoms with E-state index in [1.807, 2.05) is 30.5 Å². The van der Waals surface area contributed by atoms with Crippen LogP contribution in [0.2, 0.25) is 0 Å². The number of nitrogens with one attached hydrogen (secondary N) is 1. The minimum Gasteiger partial charge on any atom is -0.483 e. The third-order valence-corrected chi connectivity index (χ3v) is 4.76. The quantitative estimate of drug-likeness (QED) is 0.886. The molecule has 1 aromatic heterocycles. The van der Waals surface area contributed by atoms with Crippen molar-refractivity contribution in [2.45, 2.75) is 51.8 Å². The normalized spacial score (nSPS) is 17.6. The highest BCUT2D eigenvalue weighted by atomic mass is 16.5. The van der Waals surface area contributed by atoms with Gasteiger partial charge in [0.15, 0.2) is 5.75 Å². The van der Waals surface area contributed by atoms with E-state index in [2.05, 4.69) is 18.3 Å². The van der Waals surface area contributed by atoms with E-state index in [-0.39, 0.29) is 5.56 Å². The minimum absolute atomic E-state index is 0.0399. The van der Waals surface area contributed by atoms with Gasteiger partial charge < -0.3 is 14.6 Å². The summed E-state index contributed by atoms with van der Waals surface area (Å²) in [6.07, 6.45) is 6.59. The maximum absolute atomic E-state index is 12.6. The second kappa shape index (κ2) is 8.15. The molecule has 128 valence electrons. The number of nitrogens with zero attached hydrogens (tertiary/aromatic N) is 1. The van der Waals surface area contributed by atoms with Gasteiger partial charge in [-0.3, -0.25) is 4.79 Å². The van der Waals surface area contributed by atoms with Gasteiger partial charge in [-0.25, -0.2) is 0 Å². The SMILES string of the molecule is Cc1ccccc1COc1cccn(CCC2CCCCN2)c1=O. The van der Waals surface area contributed by atoms with Crippen molar-refractivity contribution in [2.75, 3.05) is 6.54 Å². The van der Waals surface area contributed by atoms with Crippen molar-refractivity contribution in [3.63, 3.8) is 0 Å². The molecule has 4 nitrogen and oxygen atoms in total. The van der Waals surface area contributed by atoms with Crippen LogP contribution in [0.3, 0.4) is 0 Å². The van der Waals surface area contributed by atoms with E-state index < -0.39 is 0 Å². The number of aromatic nitrogens is 1. The predicted octanol–water partition coefficient (Wildman–Crippen LogP) is 3.27. The maximum atomic E-state index is 12.6. The molecule has 0 spiro atoms. The fraction of sp³-hybridized carbons (Fsp3) is 0.450. The molecule has 3 rings (SSSR count). The standard InChI is InChI=1S/C20H26N2O2/c1-16-7-2-3-8-17(16)15-24-19-10-6-13-22(20(19)23)14-11-18-9-4-5-12-21-18/h2-3,6-8,10,13,18,21H,4-5,9,11-12,14-15H2,1H3. The molecule has 4 heteroatoms. The van der Waals surface area contributed by atoms with Crippen LogP contribution in [0, 0.1) is 6.92 Å². The Kier molecular flexibility index (Phi) is 5.70. The second-order valence-corrected chi connectivity index (χ2v) is 6.52. The largest absolute Gasteiger partial charge is 0.483 e. The lowest BCUT2D eigenvalue weighted by Crippen LogP contribution is -2.35. The van der Waals surface area contributed by atoms with Gasteiger partial charge in [0, 0.05) is 18.8 Å². The molecule has 1 N–H and O–H groups in total. The van der Waals surface area contributed by atoms with Crippen LogP contribution in [0.25, 0.3) is 0 Å². The highest BCUT2D eigenvalue weighted by Crippen LogP contribution is 2.13. The Morgan fingerprint density at radius 3 is 2.88 bits per heavy atom. The zero-order chi connectivity index (χ0) is 16.8. The van der Waals surface area contributed by atoms with Crippen molar-refractivity contribution in [3.05, 3.63) is 64.1 Å². The fourth-order valence-electron chi connectivity index (χ4n) is 3.19. The molecule has 1 aromatic carbocycles. The Hall–Kier alpha value is -2.07. The molecule has 1 saturated heterocycles. The Balaban J connectivity index is 1.62. The lowest BCUT2D eigenvalue weighted by molar-refractivity contribution is 0.296. The zero-order valence-corrected chi connectivity index (χ0v) is 14.3. The summed E-state index contributed by atoms with van der Waals surface area (Å²) in [6.45, 7) is 4.31. The lowest BCUT2D eigenvalue weighted by atomic mass is 10.0. The molecule has 0 aliphatic carbocycles. The molecular formula is C20H26N2O2. The minimum atomic E-state index is -0.0399. The molecular weight excluding hydrogens is 300 g/mol. The van der Waals surface area contributed by atoms with Gasteiger partial charge in [0.25, 0.3) is 5.56 Å². The molecule has 24 heavy (non-hydrogen) atoms. The lowest BCUT2D eigenvalue weighted by Gasteiger charge is -2.23. The van der Waals surface area contributed by atoms with Crippen LogP contribution in [-0.2, 0) is 13.2 Å². The van der Waals surface area contributed by atoms with Crippen LogP contribution in [0.4, 0.5) is 0 Å². The van der Waals surface area contributed by atoms with E-state index in [9.17, 15) is 4.79 Å². The van der Waals surface area contributed by atoms with Gasteiger partial charge in [-0.1, -0.05) is 30.7 Å². The first-order chi connectivity index (χ1) is 11.7. The number of benzene rings is 1. The number of rotatable bonds is 6. The van der Waals surface area contributed by atoms with E-state index >= 15 is 0 Å². The summed E-state index contributed by atoms with van der Waals surface area (Å²) in [4.78, 5) is 12.6. The van der Waals surface area contributed by atoms with Gasteiger partial charge in [-0.2, -0.15) is 0 Å². The number of piperidine rings is 1. The predicted molar refractivity (Wildman–Crippen MR) is 96.5 cm³/mol. The number of ether oxygens (including phenoxy) is 1. The van der Waals surface area contributed by atoms with Gasteiger partial charge in [-0.05, 0) is 56.0 Å². The van der Waals surface area contributed by atoms with Crippen LogP contribution in [-0.4, -0.2) is 17.2 Å². The molecule has 0 amide bonds. The Labute approximate surface area is 143 Å². The topological polar surface area (TPSA) is 43.3 Å². The third-order valence-electron chi connectivity index (χ3n) is 4.76.